The molecule has 21 heavy (non-hydrogen) atoms. The minimum atomic E-state index is 0.217. The summed E-state index contributed by atoms with van der Waals surface area (Å²) in [5.74, 6) is 1.52. The molecule has 1 unspecified atom stereocenters. The Hall–Kier alpha value is -1.73. The Labute approximate surface area is 123 Å². The summed E-state index contributed by atoms with van der Waals surface area (Å²) in [6, 6.07) is 0. The molecule has 0 amide bonds. The van der Waals surface area contributed by atoms with Gasteiger partial charge in [-0.25, -0.2) is 9.67 Å². The largest absolute Gasteiger partial charge is 0.376 e. The first-order chi connectivity index (χ1) is 10.2. The lowest BCUT2D eigenvalue weighted by Crippen LogP contribution is -2.24. The molecule has 0 bridgehead atoms. The summed E-state index contributed by atoms with van der Waals surface area (Å²) < 4.78 is 14.9. The Kier molecular flexibility index (Phi) is 4.31. The van der Waals surface area contributed by atoms with Crippen molar-refractivity contribution in [3.63, 3.8) is 0 Å². The van der Waals surface area contributed by atoms with Crippen molar-refractivity contribution in [3.05, 3.63) is 24.0 Å². The first kappa shape index (κ1) is 14.2. The fourth-order valence-electron chi connectivity index (χ4n) is 2.50. The molecular formula is C14H21N5O2. The third-order valence-corrected chi connectivity index (χ3v) is 3.52. The van der Waals surface area contributed by atoms with Gasteiger partial charge in [0.2, 0.25) is 0 Å². The highest BCUT2D eigenvalue weighted by atomic mass is 16.5. The van der Waals surface area contributed by atoms with E-state index in [1.54, 1.807) is 15.6 Å². The molecule has 1 fully saturated rings. The van der Waals surface area contributed by atoms with Crippen molar-refractivity contribution in [3.8, 4) is 5.69 Å². The van der Waals surface area contributed by atoms with Gasteiger partial charge in [-0.2, -0.15) is 10.2 Å². The molecule has 0 saturated carbocycles. The molecule has 2 aromatic heterocycles. The molecule has 0 spiro atoms. The van der Waals surface area contributed by atoms with Crippen molar-refractivity contribution in [2.24, 2.45) is 7.05 Å². The zero-order chi connectivity index (χ0) is 14.7. The monoisotopic (exact) mass is 291 g/mol. The van der Waals surface area contributed by atoms with Gasteiger partial charge in [0.25, 0.3) is 0 Å². The summed E-state index contributed by atoms with van der Waals surface area (Å²) in [6.45, 7) is 3.76. The van der Waals surface area contributed by atoms with E-state index in [0.717, 1.165) is 36.8 Å². The van der Waals surface area contributed by atoms with Crippen LogP contribution in [0.3, 0.4) is 0 Å². The van der Waals surface area contributed by atoms with Gasteiger partial charge in [0.05, 0.1) is 25.1 Å². The molecule has 1 atom stereocenters. The first-order valence-corrected chi connectivity index (χ1v) is 7.33. The molecule has 0 radical (unpaired) electrons. The summed E-state index contributed by atoms with van der Waals surface area (Å²) in [4.78, 5) is 4.43. The fourth-order valence-corrected chi connectivity index (χ4v) is 2.50. The van der Waals surface area contributed by atoms with E-state index in [1.807, 2.05) is 20.2 Å². The van der Waals surface area contributed by atoms with E-state index >= 15 is 0 Å². The standard InChI is InChI=1S/C14H21N5O2/c1-11-16-14(10-20-9-13-5-3-4-6-21-13)19(17-11)12-7-15-18(2)8-12/h7-8,13H,3-6,9-10H2,1-2H3. The molecule has 0 aliphatic carbocycles. The topological polar surface area (TPSA) is 67.0 Å². The first-order valence-electron chi connectivity index (χ1n) is 7.33. The zero-order valence-corrected chi connectivity index (χ0v) is 12.5. The van der Waals surface area contributed by atoms with Crippen molar-refractivity contribution in [2.75, 3.05) is 13.2 Å². The lowest BCUT2D eigenvalue weighted by molar-refractivity contribution is -0.0460. The van der Waals surface area contributed by atoms with Crippen LogP contribution in [0.5, 0.6) is 0 Å². The predicted molar refractivity (Wildman–Crippen MR) is 76.1 cm³/mol. The van der Waals surface area contributed by atoms with Crippen LogP contribution in [0.1, 0.15) is 30.9 Å². The van der Waals surface area contributed by atoms with E-state index in [1.165, 1.54) is 6.42 Å². The molecule has 3 rings (SSSR count). The Balaban J connectivity index is 1.62. The smallest absolute Gasteiger partial charge is 0.158 e. The van der Waals surface area contributed by atoms with Crippen LogP contribution in [0.25, 0.3) is 5.69 Å². The maximum Gasteiger partial charge on any atom is 0.158 e. The van der Waals surface area contributed by atoms with Gasteiger partial charge in [0.15, 0.2) is 5.82 Å². The average Bonchev–Trinajstić information content (AvgIpc) is 3.06. The van der Waals surface area contributed by atoms with Gasteiger partial charge in [-0.05, 0) is 26.2 Å². The van der Waals surface area contributed by atoms with Gasteiger partial charge in [-0.15, -0.1) is 0 Å². The van der Waals surface area contributed by atoms with Gasteiger partial charge in [-0.1, -0.05) is 0 Å². The SMILES string of the molecule is Cc1nc(COCC2CCCCO2)n(-c2cnn(C)c2)n1. The van der Waals surface area contributed by atoms with Gasteiger partial charge in [-0.3, -0.25) is 4.68 Å². The Morgan fingerprint density at radius 3 is 3.05 bits per heavy atom. The third kappa shape index (κ3) is 3.48. The molecule has 7 nitrogen and oxygen atoms in total. The highest BCUT2D eigenvalue weighted by molar-refractivity contribution is 5.25. The predicted octanol–water partition coefficient (Wildman–Crippen LogP) is 1.39. The summed E-state index contributed by atoms with van der Waals surface area (Å²) in [5.41, 5.74) is 0.894. The third-order valence-electron chi connectivity index (χ3n) is 3.52. The van der Waals surface area contributed by atoms with Crippen molar-refractivity contribution < 1.29 is 9.47 Å². The van der Waals surface area contributed by atoms with Gasteiger partial charge < -0.3 is 9.47 Å². The number of hydrogen-bond donors (Lipinski definition) is 0. The lowest BCUT2D eigenvalue weighted by Gasteiger charge is -2.22. The van der Waals surface area contributed by atoms with E-state index in [9.17, 15) is 0 Å². The number of aryl methyl sites for hydroxylation is 2. The second kappa shape index (κ2) is 6.36. The molecule has 1 aliphatic heterocycles. The highest BCUT2D eigenvalue weighted by Crippen LogP contribution is 2.14. The van der Waals surface area contributed by atoms with Crippen LogP contribution in [0, 0.1) is 6.92 Å². The second-order valence-corrected chi connectivity index (χ2v) is 5.36. The van der Waals surface area contributed by atoms with Crippen LogP contribution in [-0.2, 0) is 23.1 Å². The van der Waals surface area contributed by atoms with Crippen molar-refractivity contribution in [1.82, 2.24) is 24.5 Å². The molecule has 7 heteroatoms. The summed E-state index contributed by atoms with van der Waals surface area (Å²) >= 11 is 0. The van der Waals surface area contributed by atoms with E-state index in [0.29, 0.717) is 13.2 Å². The molecule has 0 N–H and O–H groups in total. The zero-order valence-electron chi connectivity index (χ0n) is 12.5. The van der Waals surface area contributed by atoms with E-state index in [-0.39, 0.29) is 6.10 Å². The van der Waals surface area contributed by atoms with Crippen LogP contribution in [0.2, 0.25) is 0 Å². The van der Waals surface area contributed by atoms with Crippen LogP contribution >= 0.6 is 0 Å². The number of aromatic nitrogens is 5. The quantitative estimate of drug-likeness (QED) is 0.833. The minimum Gasteiger partial charge on any atom is -0.376 e. The fraction of sp³-hybridized carbons (Fsp3) is 0.643. The van der Waals surface area contributed by atoms with E-state index in [2.05, 4.69) is 15.2 Å². The number of rotatable bonds is 5. The summed E-state index contributed by atoms with van der Waals surface area (Å²) in [6.07, 6.45) is 7.34. The van der Waals surface area contributed by atoms with Gasteiger partial charge in [0, 0.05) is 13.7 Å². The van der Waals surface area contributed by atoms with Gasteiger partial charge >= 0.3 is 0 Å². The Bertz CT molecular complexity index is 586. The summed E-state index contributed by atoms with van der Waals surface area (Å²) in [5, 5.41) is 8.56. The van der Waals surface area contributed by atoms with E-state index < -0.39 is 0 Å². The Morgan fingerprint density at radius 2 is 2.33 bits per heavy atom. The van der Waals surface area contributed by atoms with Crippen molar-refractivity contribution in [1.29, 1.82) is 0 Å². The molecule has 2 aromatic rings. The van der Waals surface area contributed by atoms with Crippen molar-refractivity contribution in [2.45, 2.75) is 38.9 Å². The maximum absolute atomic E-state index is 5.77. The maximum atomic E-state index is 5.77. The number of ether oxygens (including phenoxy) is 2. The molecule has 0 aromatic carbocycles. The summed E-state index contributed by atoms with van der Waals surface area (Å²) in [7, 11) is 1.88. The molecular weight excluding hydrogens is 270 g/mol. The molecule has 1 saturated heterocycles. The second-order valence-electron chi connectivity index (χ2n) is 5.36. The molecule has 1 aliphatic rings. The van der Waals surface area contributed by atoms with Crippen LogP contribution in [0.4, 0.5) is 0 Å². The molecule has 114 valence electrons. The lowest BCUT2D eigenvalue weighted by atomic mass is 10.1. The minimum absolute atomic E-state index is 0.217. The van der Waals surface area contributed by atoms with Gasteiger partial charge in [0.1, 0.15) is 18.1 Å². The van der Waals surface area contributed by atoms with Crippen LogP contribution in [-0.4, -0.2) is 43.9 Å². The van der Waals surface area contributed by atoms with Crippen LogP contribution < -0.4 is 0 Å². The van der Waals surface area contributed by atoms with Crippen molar-refractivity contribution >= 4 is 0 Å². The number of nitrogens with zero attached hydrogens (tertiary/aromatic N) is 5. The Morgan fingerprint density at radius 1 is 1.43 bits per heavy atom. The van der Waals surface area contributed by atoms with E-state index in [4.69, 9.17) is 9.47 Å². The van der Waals surface area contributed by atoms with Crippen LogP contribution in [0.15, 0.2) is 12.4 Å². The number of hydrogen-bond acceptors (Lipinski definition) is 5. The molecule has 3 heterocycles. The average molecular weight is 291 g/mol. The highest BCUT2D eigenvalue weighted by Gasteiger charge is 2.15. The normalized spacial score (nSPS) is 19.0.